The van der Waals surface area contributed by atoms with Gasteiger partial charge in [-0.05, 0) is 62.6 Å². The molecule has 1 N–H and O–H groups in total. The van der Waals surface area contributed by atoms with E-state index >= 15 is 0 Å². The predicted octanol–water partition coefficient (Wildman–Crippen LogP) is 4.78. The molecule has 2 aromatic carbocycles. The molecule has 2 heterocycles. The second-order valence-corrected chi connectivity index (χ2v) is 7.85. The molecule has 1 saturated heterocycles. The van der Waals surface area contributed by atoms with E-state index in [1.807, 2.05) is 42.2 Å². The van der Waals surface area contributed by atoms with Gasteiger partial charge in [-0.25, -0.2) is 4.98 Å². The average molecular weight is 366 g/mol. The maximum Gasteiger partial charge on any atom is 0.244 e. The van der Waals surface area contributed by atoms with E-state index in [1.54, 1.807) is 11.3 Å². The zero-order valence-electron chi connectivity index (χ0n) is 14.9. The van der Waals surface area contributed by atoms with Gasteiger partial charge in [-0.2, -0.15) is 0 Å². The molecule has 0 spiro atoms. The minimum Gasteiger partial charge on any atom is -0.374 e. The van der Waals surface area contributed by atoms with Crippen LogP contribution in [0.25, 0.3) is 20.8 Å². The minimum atomic E-state index is -0.207. The summed E-state index contributed by atoms with van der Waals surface area (Å²) >= 11 is 1.70. The molecular formula is C21H23N3OS. The highest BCUT2D eigenvalue weighted by atomic mass is 32.1. The number of carbonyl (C=O) groups excluding carboxylic acids is 1. The third-order valence-electron chi connectivity index (χ3n) is 4.85. The molecule has 0 saturated carbocycles. The number of nitrogens with one attached hydrogen (secondary N) is 1. The Labute approximate surface area is 157 Å². The summed E-state index contributed by atoms with van der Waals surface area (Å²) in [6.07, 6.45) is 3.48. The van der Waals surface area contributed by atoms with Gasteiger partial charge in [0.1, 0.15) is 11.0 Å². The summed E-state index contributed by atoms with van der Waals surface area (Å²) in [6, 6.07) is 16.2. The van der Waals surface area contributed by atoms with Crippen LogP contribution in [0.2, 0.25) is 0 Å². The van der Waals surface area contributed by atoms with Gasteiger partial charge in [0.25, 0.3) is 0 Å². The number of benzene rings is 2. The molecule has 134 valence electrons. The third kappa shape index (κ3) is 3.58. The Balaban J connectivity index is 1.44. The molecule has 0 unspecified atom stereocenters. The van der Waals surface area contributed by atoms with E-state index in [0.29, 0.717) is 0 Å². The van der Waals surface area contributed by atoms with Gasteiger partial charge < -0.3 is 10.2 Å². The van der Waals surface area contributed by atoms with Gasteiger partial charge in [-0.3, -0.25) is 4.79 Å². The Hall–Kier alpha value is -2.40. The van der Waals surface area contributed by atoms with E-state index < -0.39 is 0 Å². The number of carbonyl (C=O) groups is 1. The standard InChI is InChI=1S/C21H23N3OS/c1-15(21(25)24-13-5-2-6-14-24)22-17-11-9-16(10-12-17)20-23-18-7-3-4-8-19(18)26-20/h3-4,7-12,15,22H,2,5-6,13-14H2,1H3/t15-/m1/s1. The first-order valence-corrected chi connectivity index (χ1v) is 10.0. The first kappa shape index (κ1) is 17.0. The summed E-state index contributed by atoms with van der Waals surface area (Å²) in [5, 5.41) is 4.36. The number of rotatable bonds is 4. The highest BCUT2D eigenvalue weighted by molar-refractivity contribution is 7.21. The second-order valence-electron chi connectivity index (χ2n) is 6.82. The van der Waals surface area contributed by atoms with Crippen molar-refractivity contribution in [3.05, 3.63) is 48.5 Å². The maximum absolute atomic E-state index is 12.5. The zero-order valence-corrected chi connectivity index (χ0v) is 15.8. The molecular weight excluding hydrogens is 342 g/mol. The molecule has 26 heavy (non-hydrogen) atoms. The van der Waals surface area contributed by atoms with Crippen molar-refractivity contribution in [1.29, 1.82) is 0 Å². The van der Waals surface area contributed by atoms with Crippen molar-refractivity contribution < 1.29 is 4.79 Å². The van der Waals surface area contributed by atoms with Crippen molar-refractivity contribution in [3.63, 3.8) is 0 Å². The van der Waals surface area contributed by atoms with Crippen LogP contribution in [0.4, 0.5) is 5.69 Å². The van der Waals surface area contributed by atoms with Crippen LogP contribution in [0.15, 0.2) is 48.5 Å². The highest BCUT2D eigenvalue weighted by Gasteiger charge is 2.21. The molecule has 0 aliphatic carbocycles. The quantitative estimate of drug-likeness (QED) is 0.724. The fourth-order valence-electron chi connectivity index (χ4n) is 3.40. The average Bonchev–Trinajstić information content (AvgIpc) is 3.13. The van der Waals surface area contributed by atoms with Gasteiger partial charge in [0.15, 0.2) is 0 Å². The van der Waals surface area contributed by atoms with E-state index in [1.165, 1.54) is 11.1 Å². The molecule has 5 heteroatoms. The summed E-state index contributed by atoms with van der Waals surface area (Å²) in [6.45, 7) is 3.72. The number of fused-ring (bicyclic) bond motifs is 1. The van der Waals surface area contributed by atoms with E-state index in [4.69, 9.17) is 4.98 Å². The molecule has 1 amide bonds. The third-order valence-corrected chi connectivity index (χ3v) is 5.93. The van der Waals surface area contributed by atoms with E-state index in [-0.39, 0.29) is 11.9 Å². The molecule has 1 aliphatic rings. The molecule has 4 rings (SSSR count). The summed E-state index contributed by atoms with van der Waals surface area (Å²) in [5.41, 5.74) is 3.11. The number of piperidine rings is 1. The molecule has 1 fully saturated rings. The molecule has 1 atom stereocenters. The van der Waals surface area contributed by atoms with Gasteiger partial charge in [0.2, 0.25) is 5.91 Å². The van der Waals surface area contributed by atoms with Crippen LogP contribution in [0.3, 0.4) is 0 Å². The lowest BCUT2D eigenvalue weighted by Gasteiger charge is -2.29. The summed E-state index contributed by atoms with van der Waals surface area (Å²) in [5.74, 6) is 0.194. The predicted molar refractivity (Wildman–Crippen MR) is 109 cm³/mol. The molecule has 1 aromatic heterocycles. The van der Waals surface area contributed by atoms with Crippen LogP contribution in [0.5, 0.6) is 0 Å². The Morgan fingerprint density at radius 2 is 1.81 bits per heavy atom. The van der Waals surface area contributed by atoms with E-state index in [9.17, 15) is 4.79 Å². The number of thiazole rings is 1. The lowest BCUT2D eigenvalue weighted by molar-refractivity contribution is -0.132. The molecule has 4 nitrogen and oxygen atoms in total. The van der Waals surface area contributed by atoms with Crippen molar-refractivity contribution in [3.8, 4) is 10.6 Å². The number of hydrogen-bond donors (Lipinski definition) is 1. The molecule has 1 aliphatic heterocycles. The van der Waals surface area contributed by atoms with Gasteiger partial charge in [0.05, 0.1) is 10.2 Å². The van der Waals surface area contributed by atoms with Crippen LogP contribution in [0.1, 0.15) is 26.2 Å². The van der Waals surface area contributed by atoms with Crippen LogP contribution in [-0.2, 0) is 4.79 Å². The highest BCUT2D eigenvalue weighted by Crippen LogP contribution is 2.30. The fraction of sp³-hybridized carbons (Fsp3) is 0.333. The maximum atomic E-state index is 12.5. The number of hydrogen-bond acceptors (Lipinski definition) is 4. The number of nitrogens with zero attached hydrogens (tertiary/aromatic N) is 2. The lowest BCUT2D eigenvalue weighted by Crippen LogP contribution is -2.43. The molecule has 0 radical (unpaired) electrons. The van der Waals surface area contributed by atoms with Crippen molar-refractivity contribution in [2.45, 2.75) is 32.2 Å². The van der Waals surface area contributed by atoms with Crippen molar-refractivity contribution in [1.82, 2.24) is 9.88 Å². The van der Waals surface area contributed by atoms with Crippen LogP contribution < -0.4 is 5.32 Å². The van der Waals surface area contributed by atoms with Crippen LogP contribution in [-0.4, -0.2) is 34.9 Å². The van der Waals surface area contributed by atoms with Crippen molar-refractivity contribution in [2.24, 2.45) is 0 Å². The normalized spacial score (nSPS) is 15.8. The lowest BCUT2D eigenvalue weighted by atomic mass is 10.1. The summed E-state index contributed by atoms with van der Waals surface area (Å²) < 4.78 is 1.20. The van der Waals surface area contributed by atoms with Gasteiger partial charge >= 0.3 is 0 Å². The fourth-order valence-corrected chi connectivity index (χ4v) is 4.38. The Morgan fingerprint density at radius 1 is 1.08 bits per heavy atom. The molecule has 3 aromatic rings. The van der Waals surface area contributed by atoms with Gasteiger partial charge in [-0.1, -0.05) is 12.1 Å². The topological polar surface area (TPSA) is 45.2 Å². The van der Waals surface area contributed by atoms with Gasteiger partial charge in [-0.15, -0.1) is 11.3 Å². The Kier molecular flexibility index (Phi) is 4.89. The Morgan fingerprint density at radius 3 is 2.54 bits per heavy atom. The van der Waals surface area contributed by atoms with Crippen LogP contribution in [0, 0.1) is 0 Å². The summed E-state index contributed by atoms with van der Waals surface area (Å²) in [4.78, 5) is 19.2. The summed E-state index contributed by atoms with van der Waals surface area (Å²) in [7, 11) is 0. The molecule has 0 bridgehead atoms. The zero-order chi connectivity index (χ0) is 17.9. The number of amides is 1. The largest absolute Gasteiger partial charge is 0.374 e. The number of anilines is 1. The first-order chi connectivity index (χ1) is 12.7. The number of aromatic nitrogens is 1. The SMILES string of the molecule is C[C@@H](Nc1ccc(-c2nc3ccccc3s2)cc1)C(=O)N1CCCCC1. The van der Waals surface area contributed by atoms with Crippen LogP contribution >= 0.6 is 11.3 Å². The Bertz CT molecular complexity index is 864. The first-order valence-electron chi connectivity index (χ1n) is 9.22. The minimum absolute atomic E-state index is 0.194. The second kappa shape index (κ2) is 7.46. The smallest absolute Gasteiger partial charge is 0.244 e. The van der Waals surface area contributed by atoms with E-state index in [0.717, 1.165) is 47.7 Å². The van der Waals surface area contributed by atoms with Crippen molar-refractivity contribution in [2.75, 3.05) is 18.4 Å². The number of likely N-dealkylation sites (tertiary alicyclic amines) is 1. The van der Waals surface area contributed by atoms with Gasteiger partial charge in [0, 0.05) is 24.3 Å². The monoisotopic (exact) mass is 365 g/mol. The van der Waals surface area contributed by atoms with E-state index in [2.05, 4.69) is 23.5 Å². The number of para-hydroxylation sites is 1. The van der Waals surface area contributed by atoms with Crippen molar-refractivity contribution >= 4 is 33.1 Å².